The number of fused-ring (bicyclic) bond motifs is 1. The molecule has 4 nitrogen and oxygen atoms in total. The van der Waals surface area contributed by atoms with Crippen LogP contribution >= 0.6 is 0 Å². The van der Waals surface area contributed by atoms with Crippen LogP contribution in [-0.2, 0) is 11.3 Å². The van der Waals surface area contributed by atoms with E-state index in [1.807, 2.05) is 12.1 Å². The molecule has 2 aromatic rings. The molecule has 2 aromatic carbocycles. The molecule has 6 heteroatoms. The molecule has 1 atom stereocenters. The average Bonchev–Trinajstić information content (AvgIpc) is 2.86. The Kier molecular flexibility index (Phi) is 4.29. The third-order valence-electron chi connectivity index (χ3n) is 4.05. The zero-order chi connectivity index (χ0) is 17.3. The van der Waals surface area contributed by atoms with Crippen molar-refractivity contribution in [3.05, 3.63) is 70.8 Å². The minimum Gasteiger partial charge on any atom is -0.348 e. The van der Waals surface area contributed by atoms with E-state index in [4.69, 9.17) is 0 Å². The molecule has 0 saturated heterocycles. The average molecular weight is 330 g/mol. The fourth-order valence-electron chi connectivity index (χ4n) is 2.77. The maximum absolute atomic E-state index is 13.3. The van der Waals surface area contributed by atoms with Gasteiger partial charge in [0, 0.05) is 12.1 Å². The van der Waals surface area contributed by atoms with Gasteiger partial charge in [0.15, 0.2) is 11.6 Å². The fraction of sp³-hybridized carbons (Fsp3) is 0.222. The standard InChI is InChI=1S/C18H16F2N2O2/c1-11(12-6-7-15(19)16(20)8-12)21-17(23)10-22-9-13-4-2-3-5-14(13)18(22)24/h2-8,11H,9-10H2,1H3,(H,21,23)/t11-/m0/s1. The van der Waals surface area contributed by atoms with E-state index in [-0.39, 0.29) is 18.4 Å². The van der Waals surface area contributed by atoms with Crippen LogP contribution in [0.1, 0.15) is 34.5 Å². The van der Waals surface area contributed by atoms with Gasteiger partial charge in [-0.05, 0) is 36.2 Å². The Bertz CT molecular complexity index is 807. The lowest BCUT2D eigenvalue weighted by atomic mass is 10.1. The second-order valence-electron chi connectivity index (χ2n) is 5.78. The van der Waals surface area contributed by atoms with E-state index < -0.39 is 17.7 Å². The highest BCUT2D eigenvalue weighted by Gasteiger charge is 2.28. The normalized spacial score (nSPS) is 14.5. The van der Waals surface area contributed by atoms with Gasteiger partial charge >= 0.3 is 0 Å². The first-order chi connectivity index (χ1) is 11.5. The molecular weight excluding hydrogens is 314 g/mol. The van der Waals surface area contributed by atoms with Crippen LogP contribution in [-0.4, -0.2) is 23.3 Å². The monoisotopic (exact) mass is 330 g/mol. The predicted octanol–water partition coefficient (Wildman–Crippen LogP) is 2.80. The lowest BCUT2D eigenvalue weighted by Gasteiger charge is -2.19. The third-order valence-corrected chi connectivity index (χ3v) is 4.05. The highest BCUT2D eigenvalue weighted by atomic mass is 19.2. The Labute approximate surface area is 138 Å². The molecule has 0 aromatic heterocycles. The van der Waals surface area contributed by atoms with Crippen LogP contribution in [0.4, 0.5) is 8.78 Å². The number of hydrogen-bond donors (Lipinski definition) is 1. The van der Waals surface area contributed by atoms with E-state index in [0.717, 1.165) is 17.7 Å². The number of nitrogens with zero attached hydrogens (tertiary/aromatic N) is 1. The summed E-state index contributed by atoms with van der Waals surface area (Å²) in [4.78, 5) is 25.8. The molecule has 0 aliphatic carbocycles. The summed E-state index contributed by atoms with van der Waals surface area (Å²) in [6, 6.07) is 10.2. The molecule has 0 radical (unpaired) electrons. The van der Waals surface area contributed by atoms with Gasteiger partial charge in [-0.25, -0.2) is 8.78 Å². The highest BCUT2D eigenvalue weighted by molar-refractivity contribution is 6.00. The van der Waals surface area contributed by atoms with Crippen LogP contribution in [0.15, 0.2) is 42.5 Å². The van der Waals surface area contributed by atoms with Crippen molar-refractivity contribution in [2.75, 3.05) is 6.54 Å². The van der Waals surface area contributed by atoms with Crippen molar-refractivity contribution >= 4 is 11.8 Å². The van der Waals surface area contributed by atoms with Crippen molar-refractivity contribution in [2.45, 2.75) is 19.5 Å². The summed E-state index contributed by atoms with van der Waals surface area (Å²) in [6.45, 7) is 1.98. The van der Waals surface area contributed by atoms with E-state index in [9.17, 15) is 18.4 Å². The summed E-state index contributed by atoms with van der Waals surface area (Å²) in [6.07, 6.45) is 0. The summed E-state index contributed by atoms with van der Waals surface area (Å²) in [7, 11) is 0. The lowest BCUT2D eigenvalue weighted by Crippen LogP contribution is -2.38. The van der Waals surface area contributed by atoms with Crippen molar-refractivity contribution in [1.82, 2.24) is 10.2 Å². The molecule has 1 aliphatic rings. The number of carbonyl (C=O) groups is 2. The van der Waals surface area contributed by atoms with Gasteiger partial charge in [0.25, 0.3) is 5.91 Å². The summed E-state index contributed by atoms with van der Waals surface area (Å²) < 4.78 is 26.2. The first-order valence-electron chi connectivity index (χ1n) is 7.57. The zero-order valence-electron chi connectivity index (χ0n) is 13.1. The van der Waals surface area contributed by atoms with Crippen LogP contribution < -0.4 is 5.32 Å². The van der Waals surface area contributed by atoms with E-state index >= 15 is 0 Å². The summed E-state index contributed by atoms with van der Waals surface area (Å²) in [5.74, 6) is -2.42. The van der Waals surface area contributed by atoms with Crippen molar-refractivity contribution in [1.29, 1.82) is 0 Å². The first kappa shape index (κ1) is 16.1. The molecule has 1 N–H and O–H groups in total. The molecule has 3 rings (SSSR count). The van der Waals surface area contributed by atoms with Crippen molar-refractivity contribution < 1.29 is 18.4 Å². The molecule has 0 bridgehead atoms. The van der Waals surface area contributed by atoms with E-state index in [1.165, 1.54) is 11.0 Å². The lowest BCUT2D eigenvalue weighted by molar-refractivity contribution is -0.122. The summed E-state index contributed by atoms with van der Waals surface area (Å²) in [5, 5.41) is 2.70. The predicted molar refractivity (Wildman–Crippen MR) is 84.1 cm³/mol. The number of amides is 2. The van der Waals surface area contributed by atoms with Crippen LogP contribution in [0.3, 0.4) is 0 Å². The molecular formula is C18H16F2N2O2. The second-order valence-corrected chi connectivity index (χ2v) is 5.78. The molecule has 24 heavy (non-hydrogen) atoms. The number of benzene rings is 2. The Balaban J connectivity index is 1.62. The van der Waals surface area contributed by atoms with Crippen LogP contribution in [0.5, 0.6) is 0 Å². The molecule has 0 fully saturated rings. The number of nitrogens with one attached hydrogen (secondary N) is 1. The van der Waals surface area contributed by atoms with Crippen molar-refractivity contribution in [3.63, 3.8) is 0 Å². The molecule has 124 valence electrons. The largest absolute Gasteiger partial charge is 0.348 e. The van der Waals surface area contributed by atoms with E-state index in [1.54, 1.807) is 19.1 Å². The number of hydrogen-bond acceptors (Lipinski definition) is 2. The van der Waals surface area contributed by atoms with Crippen molar-refractivity contribution in [2.24, 2.45) is 0 Å². The van der Waals surface area contributed by atoms with Gasteiger partial charge in [-0.1, -0.05) is 24.3 Å². The third kappa shape index (κ3) is 3.13. The smallest absolute Gasteiger partial charge is 0.254 e. The van der Waals surface area contributed by atoms with Gasteiger partial charge < -0.3 is 10.2 Å². The quantitative estimate of drug-likeness (QED) is 0.937. The Morgan fingerprint density at radius 2 is 1.96 bits per heavy atom. The van der Waals surface area contributed by atoms with E-state index in [2.05, 4.69) is 5.32 Å². The fourth-order valence-corrected chi connectivity index (χ4v) is 2.77. The molecule has 1 aliphatic heterocycles. The van der Waals surface area contributed by atoms with Gasteiger partial charge in [0.2, 0.25) is 5.91 Å². The highest BCUT2D eigenvalue weighted by Crippen LogP contribution is 2.22. The summed E-state index contributed by atoms with van der Waals surface area (Å²) in [5.41, 5.74) is 1.96. The maximum Gasteiger partial charge on any atom is 0.254 e. The Morgan fingerprint density at radius 3 is 2.67 bits per heavy atom. The van der Waals surface area contributed by atoms with Gasteiger partial charge in [-0.2, -0.15) is 0 Å². The topological polar surface area (TPSA) is 49.4 Å². The van der Waals surface area contributed by atoms with Crippen LogP contribution in [0.2, 0.25) is 0 Å². The Hall–Kier alpha value is -2.76. The van der Waals surface area contributed by atoms with Gasteiger partial charge in [-0.15, -0.1) is 0 Å². The first-order valence-corrected chi connectivity index (χ1v) is 7.57. The van der Waals surface area contributed by atoms with Crippen LogP contribution in [0, 0.1) is 11.6 Å². The molecule has 0 spiro atoms. The SMILES string of the molecule is C[C@H](NC(=O)CN1Cc2ccccc2C1=O)c1ccc(F)c(F)c1. The molecule has 0 saturated carbocycles. The van der Waals surface area contributed by atoms with E-state index in [0.29, 0.717) is 17.7 Å². The van der Waals surface area contributed by atoms with Crippen molar-refractivity contribution in [3.8, 4) is 0 Å². The molecule has 1 heterocycles. The molecule has 2 amide bonds. The number of halogens is 2. The minimum atomic E-state index is -0.959. The van der Waals surface area contributed by atoms with Gasteiger partial charge in [0.1, 0.15) is 6.54 Å². The van der Waals surface area contributed by atoms with Gasteiger partial charge in [-0.3, -0.25) is 9.59 Å². The van der Waals surface area contributed by atoms with Gasteiger partial charge in [0.05, 0.1) is 6.04 Å². The maximum atomic E-state index is 13.3. The summed E-state index contributed by atoms with van der Waals surface area (Å²) >= 11 is 0. The second kappa shape index (κ2) is 6.39. The molecule has 0 unspecified atom stereocenters. The number of rotatable bonds is 4. The zero-order valence-corrected chi connectivity index (χ0v) is 13.1. The number of carbonyl (C=O) groups excluding carboxylic acids is 2. The minimum absolute atomic E-state index is 0.0818. The van der Waals surface area contributed by atoms with Crippen LogP contribution in [0.25, 0.3) is 0 Å². The Morgan fingerprint density at radius 1 is 1.21 bits per heavy atom.